The van der Waals surface area contributed by atoms with E-state index in [1.807, 2.05) is 43.3 Å². The third-order valence-electron chi connectivity index (χ3n) is 4.40. The molecule has 2 aromatic heterocycles. The summed E-state index contributed by atoms with van der Waals surface area (Å²) < 4.78 is 6.76. The number of hydrogen-bond acceptors (Lipinski definition) is 6. The standard InChI is InChI=1S/C21H21ClN6O2/c1-2-30-18-9-3-14(4-10-18)12-24-20-26-21-25-17(11-19(29)28(21)27-20)13-23-16-7-5-15(22)6-8-16/h3-11,23H,2,12-13H2,1H3,(H2,24,25,26,27). The van der Waals surface area contributed by atoms with Crippen molar-refractivity contribution in [1.29, 1.82) is 0 Å². The Labute approximate surface area is 177 Å². The molecule has 0 fully saturated rings. The highest BCUT2D eigenvalue weighted by Crippen LogP contribution is 2.15. The molecule has 0 spiro atoms. The Balaban J connectivity index is 1.43. The summed E-state index contributed by atoms with van der Waals surface area (Å²) in [6, 6.07) is 16.6. The van der Waals surface area contributed by atoms with Crippen molar-refractivity contribution in [2.75, 3.05) is 17.2 Å². The van der Waals surface area contributed by atoms with Crippen molar-refractivity contribution in [2.24, 2.45) is 0 Å². The topological polar surface area (TPSA) is 96.3 Å². The van der Waals surface area contributed by atoms with Gasteiger partial charge in [0.15, 0.2) is 0 Å². The van der Waals surface area contributed by atoms with E-state index in [1.54, 1.807) is 12.1 Å². The minimum atomic E-state index is -0.227. The summed E-state index contributed by atoms with van der Waals surface area (Å²) in [5, 5.41) is 9.99. The maximum Gasteiger partial charge on any atom is 0.274 e. The number of H-pyrrole nitrogens is 1. The first-order valence-corrected chi connectivity index (χ1v) is 9.92. The van der Waals surface area contributed by atoms with Crippen molar-refractivity contribution in [3.8, 4) is 5.75 Å². The highest BCUT2D eigenvalue weighted by molar-refractivity contribution is 6.30. The van der Waals surface area contributed by atoms with Crippen LogP contribution in [0.25, 0.3) is 5.78 Å². The summed E-state index contributed by atoms with van der Waals surface area (Å²) in [7, 11) is 0. The van der Waals surface area contributed by atoms with Crippen molar-refractivity contribution in [3.05, 3.63) is 81.2 Å². The lowest BCUT2D eigenvalue weighted by Crippen LogP contribution is -2.17. The van der Waals surface area contributed by atoms with Crippen LogP contribution in [0.3, 0.4) is 0 Å². The summed E-state index contributed by atoms with van der Waals surface area (Å²) in [5.74, 6) is 1.61. The molecule has 4 rings (SSSR count). The number of hydrogen-bond donors (Lipinski definition) is 3. The largest absolute Gasteiger partial charge is 0.494 e. The van der Waals surface area contributed by atoms with E-state index in [2.05, 4.69) is 25.7 Å². The van der Waals surface area contributed by atoms with Gasteiger partial charge in [-0.3, -0.25) is 9.89 Å². The average molecular weight is 425 g/mol. The molecule has 4 aromatic rings. The molecule has 8 nitrogen and oxygen atoms in total. The van der Waals surface area contributed by atoms with Crippen LogP contribution in [-0.4, -0.2) is 26.2 Å². The second-order valence-corrected chi connectivity index (χ2v) is 7.02. The summed E-state index contributed by atoms with van der Waals surface area (Å²) in [5.41, 5.74) is 2.32. The molecule has 0 aliphatic rings. The van der Waals surface area contributed by atoms with E-state index in [0.29, 0.717) is 42.1 Å². The van der Waals surface area contributed by atoms with Crippen LogP contribution in [0.15, 0.2) is 59.4 Å². The molecule has 154 valence electrons. The van der Waals surface area contributed by atoms with Crippen LogP contribution in [-0.2, 0) is 13.1 Å². The van der Waals surface area contributed by atoms with E-state index < -0.39 is 0 Å². The molecule has 0 saturated carbocycles. The molecule has 9 heteroatoms. The molecule has 2 aromatic carbocycles. The molecule has 3 N–H and O–H groups in total. The summed E-state index contributed by atoms with van der Waals surface area (Å²) in [4.78, 5) is 21.2. The second-order valence-electron chi connectivity index (χ2n) is 6.58. The van der Waals surface area contributed by atoms with E-state index >= 15 is 0 Å². The van der Waals surface area contributed by atoms with Crippen molar-refractivity contribution in [2.45, 2.75) is 20.0 Å². The first-order valence-electron chi connectivity index (χ1n) is 9.54. The predicted molar refractivity (Wildman–Crippen MR) is 117 cm³/mol. The normalized spacial score (nSPS) is 10.9. The molecular formula is C21H21ClN6O2. The van der Waals surface area contributed by atoms with Gasteiger partial charge >= 0.3 is 0 Å². The van der Waals surface area contributed by atoms with Crippen LogP contribution in [0.1, 0.15) is 18.2 Å². The first kappa shape index (κ1) is 19.8. The fourth-order valence-corrected chi connectivity index (χ4v) is 3.04. The van der Waals surface area contributed by atoms with E-state index in [0.717, 1.165) is 17.0 Å². The van der Waals surface area contributed by atoms with Crippen LogP contribution in [0.4, 0.5) is 11.6 Å². The van der Waals surface area contributed by atoms with Gasteiger partial charge in [-0.05, 0) is 48.9 Å². The zero-order valence-electron chi connectivity index (χ0n) is 16.4. The molecule has 0 aliphatic heterocycles. The summed E-state index contributed by atoms with van der Waals surface area (Å²) >= 11 is 5.89. The van der Waals surface area contributed by atoms with Crippen LogP contribution >= 0.6 is 11.6 Å². The van der Waals surface area contributed by atoms with Gasteiger partial charge in [0.2, 0.25) is 5.95 Å². The molecule has 2 heterocycles. The van der Waals surface area contributed by atoms with E-state index in [-0.39, 0.29) is 5.56 Å². The highest BCUT2D eigenvalue weighted by atomic mass is 35.5. The lowest BCUT2D eigenvalue weighted by atomic mass is 10.2. The first-order chi connectivity index (χ1) is 14.6. The number of aromatic nitrogens is 4. The molecule has 0 radical (unpaired) electrons. The van der Waals surface area contributed by atoms with Gasteiger partial charge in [-0.15, -0.1) is 0 Å². The van der Waals surface area contributed by atoms with Crippen LogP contribution in [0.2, 0.25) is 5.02 Å². The van der Waals surface area contributed by atoms with Crippen molar-refractivity contribution >= 4 is 29.0 Å². The Morgan fingerprint density at radius 2 is 1.80 bits per heavy atom. The lowest BCUT2D eigenvalue weighted by Gasteiger charge is -2.05. The summed E-state index contributed by atoms with van der Waals surface area (Å²) in [6.45, 7) is 3.53. The van der Waals surface area contributed by atoms with E-state index in [4.69, 9.17) is 16.3 Å². The van der Waals surface area contributed by atoms with Crippen molar-refractivity contribution in [1.82, 2.24) is 19.6 Å². The van der Waals surface area contributed by atoms with E-state index in [9.17, 15) is 4.79 Å². The second kappa shape index (κ2) is 8.87. The lowest BCUT2D eigenvalue weighted by molar-refractivity contribution is 0.340. The third-order valence-corrected chi connectivity index (χ3v) is 4.65. The Morgan fingerprint density at radius 3 is 2.53 bits per heavy atom. The zero-order chi connectivity index (χ0) is 20.9. The number of fused-ring (bicyclic) bond motifs is 1. The number of nitrogens with zero attached hydrogens (tertiary/aromatic N) is 3. The number of halogens is 1. The van der Waals surface area contributed by atoms with Crippen LogP contribution in [0, 0.1) is 0 Å². The predicted octanol–water partition coefficient (Wildman–Crippen LogP) is 3.69. The molecular weight excluding hydrogens is 404 g/mol. The monoisotopic (exact) mass is 424 g/mol. The zero-order valence-corrected chi connectivity index (χ0v) is 17.1. The van der Waals surface area contributed by atoms with Gasteiger partial charge in [-0.25, -0.2) is 4.98 Å². The third kappa shape index (κ3) is 4.72. The molecule has 0 amide bonds. The smallest absolute Gasteiger partial charge is 0.274 e. The number of nitrogens with one attached hydrogen (secondary N) is 3. The van der Waals surface area contributed by atoms with Gasteiger partial charge in [0, 0.05) is 23.3 Å². The minimum Gasteiger partial charge on any atom is -0.494 e. The highest BCUT2D eigenvalue weighted by Gasteiger charge is 2.08. The molecule has 0 unspecified atom stereocenters. The molecule has 0 bridgehead atoms. The fourth-order valence-electron chi connectivity index (χ4n) is 2.91. The van der Waals surface area contributed by atoms with Gasteiger partial charge in [0.25, 0.3) is 11.3 Å². The van der Waals surface area contributed by atoms with Gasteiger partial charge in [0.1, 0.15) is 5.75 Å². The number of aromatic amines is 1. The SMILES string of the molecule is CCOc1ccc(CNc2nc3nc(CNc4ccc(Cl)cc4)cc(=O)n3[nH]2)cc1. The fraction of sp³-hybridized carbons (Fsp3) is 0.190. The van der Waals surface area contributed by atoms with Gasteiger partial charge in [-0.2, -0.15) is 9.50 Å². The molecule has 0 aliphatic carbocycles. The molecule has 0 saturated heterocycles. The van der Waals surface area contributed by atoms with Crippen molar-refractivity contribution in [3.63, 3.8) is 0 Å². The summed E-state index contributed by atoms with van der Waals surface area (Å²) in [6.07, 6.45) is 0. The number of anilines is 2. The Kier molecular flexibility index (Phi) is 5.85. The van der Waals surface area contributed by atoms with Gasteiger partial charge in [0.05, 0.1) is 18.8 Å². The average Bonchev–Trinajstić information content (AvgIpc) is 3.17. The minimum absolute atomic E-state index is 0.227. The molecule has 0 atom stereocenters. The number of rotatable bonds is 8. The molecule has 30 heavy (non-hydrogen) atoms. The van der Waals surface area contributed by atoms with Crippen LogP contribution < -0.4 is 20.9 Å². The Bertz CT molecular complexity index is 1190. The number of ether oxygens (including phenoxy) is 1. The van der Waals surface area contributed by atoms with Crippen molar-refractivity contribution < 1.29 is 4.74 Å². The Hall–Kier alpha value is -3.52. The number of benzene rings is 2. The van der Waals surface area contributed by atoms with Crippen LogP contribution in [0.5, 0.6) is 5.75 Å². The quantitative estimate of drug-likeness (QED) is 0.399. The maximum absolute atomic E-state index is 12.4. The van der Waals surface area contributed by atoms with Gasteiger partial charge in [-0.1, -0.05) is 23.7 Å². The van der Waals surface area contributed by atoms with Gasteiger partial charge < -0.3 is 15.4 Å². The maximum atomic E-state index is 12.4. The Morgan fingerprint density at radius 1 is 1.03 bits per heavy atom. The van der Waals surface area contributed by atoms with E-state index in [1.165, 1.54) is 10.6 Å².